The summed E-state index contributed by atoms with van der Waals surface area (Å²) in [7, 11) is 0. The molecule has 11 heteroatoms. The first-order valence-electron chi connectivity index (χ1n) is 12.0. The smallest absolute Gasteiger partial charge is 0.417 e. The number of carbonyl (C=O) groups excluding carboxylic acids is 2. The Morgan fingerprint density at radius 1 is 1.31 bits per heavy atom. The lowest BCUT2D eigenvalue weighted by Gasteiger charge is -2.36. The SMILES string of the molecule is CCc1nn(C[C@@H](C)COC(=O)c2cc(F)ccc2C(F)(F)F)c2c1C(=O)NCC1(CCOCC1)C2. The van der Waals surface area contributed by atoms with E-state index in [0.717, 1.165) is 18.5 Å². The van der Waals surface area contributed by atoms with Crippen molar-refractivity contribution < 1.29 is 36.6 Å². The molecule has 2 aliphatic heterocycles. The van der Waals surface area contributed by atoms with E-state index in [4.69, 9.17) is 9.47 Å². The number of aryl methyl sites for hydroxylation is 1. The molecule has 0 bridgehead atoms. The van der Waals surface area contributed by atoms with Gasteiger partial charge in [-0.1, -0.05) is 13.8 Å². The van der Waals surface area contributed by atoms with Crippen LogP contribution in [-0.2, 0) is 35.0 Å². The molecule has 0 aliphatic carbocycles. The normalized spacial score (nSPS) is 18.3. The van der Waals surface area contributed by atoms with E-state index in [1.165, 1.54) is 0 Å². The largest absolute Gasteiger partial charge is 0.462 e. The summed E-state index contributed by atoms with van der Waals surface area (Å²) in [6, 6.07) is 1.71. The Hall–Kier alpha value is -2.95. The lowest BCUT2D eigenvalue weighted by molar-refractivity contribution is -0.138. The van der Waals surface area contributed by atoms with Gasteiger partial charge in [0.2, 0.25) is 0 Å². The summed E-state index contributed by atoms with van der Waals surface area (Å²) < 4.78 is 65.8. The molecule has 0 unspecified atom stereocenters. The highest BCUT2D eigenvalue weighted by Crippen LogP contribution is 2.37. The molecular formula is C25H29F4N3O4. The van der Waals surface area contributed by atoms with Gasteiger partial charge in [0, 0.05) is 32.2 Å². The molecule has 1 N–H and O–H groups in total. The van der Waals surface area contributed by atoms with Crippen LogP contribution in [0.3, 0.4) is 0 Å². The maximum atomic E-state index is 13.6. The molecule has 1 amide bonds. The number of carbonyl (C=O) groups is 2. The first kappa shape index (κ1) is 26.1. The van der Waals surface area contributed by atoms with Gasteiger partial charge in [-0.3, -0.25) is 9.48 Å². The average Bonchev–Trinajstić information content (AvgIpc) is 3.10. The van der Waals surface area contributed by atoms with E-state index in [-0.39, 0.29) is 23.8 Å². The van der Waals surface area contributed by atoms with Crippen molar-refractivity contribution in [3.8, 4) is 0 Å². The Morgan fingerprint density at radius 2 is 2.03 bits per heavy atom. The molecule has 1 atom stereocenters. The maximum absolute atomic E-state index is 13.6. The van der Waals surface area contributed by atoms with E-state index >= 15 is 0 Å². The maximum Gasteiger partial charge on any atom is 0.417 e. The Labute approximate surface area is 206 Å². The van der Waals surface area contributed by atoms with Gasteiger partial charge in [-0.15, -0.1) is 0 Å². The standard InChI is InChI=1S/C25H29F4N3O4/c1-3-19-21-20(11-24(14-30-22(21)33)6-8-35-9-7-24)32(31-19)12-15(2)13-36-23(34)17-10-16(26)4-5-18(17)25(27,28)29/h4-5,10,15H,3,6-9,11-14H2,1-2H3,(H,30,33)/t15-/m1/s1. The van der Waals surface area contributed by atoms with E-state index in [2.05, 4.69) is 10.4 Å². The molecule has 1 aromatic heterocycles. The number of nitrogens with one attached hydrogen (secondary N) is 1. The molecule has 7 nitrogen and oxygen atoms in total. The number of esters is 1. The minimum atomic E-state index is -4.82. The number of fused-ring (bicyclic) bond motifs is 1. The molecule has 1 aromatic carbocycles. The van der Waals surface area contributed by atoms with E-state index < -0.39 is 29.1 Å². The lowest BCUT2D eigenvalue weighted by atomic mass is 9.76. The quantitative estimate of drug-likeness (QED) is 0.465. The Morgan fingerprint density at radius 3 is 2.69 bits per heavy atom. The third kappa shape index (κ3) is 5.40. The van der Waals surface area contributed by atoms with Gasteiger partial charge in [-0.25, -0.2) is 9.18 Å². The van der Waals surface area contributed by atoms with Crippen molar-refractivity contribution in [2.24, 2.45) is 11.3 Å². The topological polar surface area (TPSA) is 82.5 Å². The van der Waals surface area contributed by atoms with E-state index in [1.807, 2.05) is 6.92 Å². The van der Waals surface area contributed by atoms with Gasteiger partial charge in [0.25, 0.3) is 5.91 Å². The molecule has 36 heavy (non-hydrogen) atoms. The zero-order valence-electron chi connectivity index (χ0n) is 20.2. The summed E-state index contributed by atoms with van der Waals surface area (Å²) in [5.41, 5.74) is -0.201. The van der Waals surface area contributed by atoms with Crippen molar-refractivity contribution >= 4 is 11.9 Å². The van der Waals surface area contributed by atoms with Crippen LogP contribution in [0.15, 0.2) is 18.2 Å². The number of aromatic nitrogens is 2. The number of rotatable bonds is 6. The summed E-state index contributed by atoms with van der Waals surface area (Å²) in [5, 5.41) is 7.69. The number of ether oxygens (including phenoxy) is 2. The predicted octanol–water partition coefficient (Wildman–Crippen LogP) is 4.18. The number of hydrogen-bond donors (Lipinski definition) is 1. The zero-order valence-corrected chi connectivity index (χ0v) is 20.2. The first-order chi connectivity index (χ1) is 17.0. The summed E-state index contributed by atoms with van der Waals surface area (Å²) in [5.74, 6) is -2.71. The van der Waals surface area contributed by atoms with Crippen molar-refractivity contribution in [2.45, 2.75) is 52.3 Å². The third-order valence-electron chi connectivity index (χ3n) is 6.90. The molecule has 0 radical (unpaired) electrons. The molecule has 3 heterocycles. The average molecular weight is 512 g/mol. The fourth-order valence-electron chi connectivity index (χ4n) is 4.90. The summed E-state index contributed by atoms with van der Waals surface area (Å²) in [6.45, 7) is 5.56. The van der Waals surface area contributed by atoms with Gasteiger partial charge in [0.1, 0.15) is 5.82 Å². The van der Waals surface area contributed by atoms with Crippen LogP contribution in [0.25, 0.3) is 0 Å². The second-order valence-electron chi connectivity index (χ2n) is 9.67. The van der Waals surface area contributed by atoms with E-state index in [1.54, 1.807) is 11.6 Å². The monoisotopic (exact) mass is 511 g/mol. The van der Waals surface area contributed by atoms with Gasteiger partial charge >= 0.3 is 12.1 Å². The first-order valence-corrected chi connectivity index (χ1v) is 12.0. The van der Waals surface area contributed by atoms with Crippen molar-refractivity contribution in [3.05, 3.63) is 52.1 Å². The lowest BCUT2D eigenvalue weighted by Crippen LogP contribution is -2.41. The minimum Gasteiger partial charge on any atom is -0.462 e. The van der Waals surface area contributed by atoms with Gasteiger partial charge in [0.15, 0.2) is 0 Å². The number of amides is 1. The Kier molecular flexibility index (Phi) is 7.40. The van der Waals surface area contributed by atoms with Crippen LogP contribution in [0.5, 0.6) is 0 Å². The highest BCUT2D eigenvalue weighted by atomic mass is 19.4. The summed E-state index contributed by atoms with van der Waals surface area (Å²) in [4.78, 5) is 25.4. The fourth-order valence-corrected chi connectivity index (χ4v) is 4.90. The highest BCUT2D eigenvalue weighted by Gasteiger charge is 2.40. The molecule has 196 valence electrons. The zero-order chi connectivity index (χ0) is 26.1. The number of nitrogens with zero attached hydrogens (tertiary/aromatic N) is 2. The number of alkyl halides is 3. The van der Waals surface area contributed by atoms with Crippen molar-refractivity contribution in [1.29, 1.82) is 0 Å². The van der Waals surface area contributed by atoms with Crippen LogP contribution in [0.2, 0.25) is 0 Å². The van der Waals surface area contributed by atoms with Gasteiger partial charge < -0.3 is 14.8 Å². The Bertz CT molecular complexity index is 1140. The molecule has 4 rings (SSSR count). The van der Waals surface area contributed by atoms with Crippen LogP contribution < -0.4 is 5.32 Å². The van der Waals surface area contributed by atoms with E-state index in [9.17, 15) is 27.2 Å². The van der Waals surface area contributed by atoms with Crippen LogP contribution in [0.1, 0.15) is 64.4 Å². The second kappa shape index (κ2) is 10.2. The second-order valence-corrected chi connectivity index (χ2v) is 9.67. The minimum absolute atomic E-state index is 0.136. The molecule has 2 aromatic rings. The molecule has 1 spiro atoms. The van der Waals surface area contributed by atoms with Crippen molar-refractivity contribution in [3.63, 3.8) is 0 Å². The van der Waals surface area contributed by atoms with E-state index in [0.29, 0.717) is 68.6 Å². The number of hydrogen-bond acceptors (Lipinski definition) is 5. The number of benzene rings is 1. The fraction of sp³-hybridized carbons (Fsp3) is 0.560. The summed E-state index contributed by atoms with van der Waals surface area (Å²) >= 11 is 0. The molecule has 0 saturated carbocycles. The molecule has 1 fully saturated rings. The van der Waals surface area contributed by atoms with Crippen molar-refractivity contribution in [2.75, 3.05) is 26.4 Å². The van der Waals surface area contributed by atoms with Crippen molar-refractivity contribution in [1.82, 2.24) is 15.1 Å². The highest BCUT2D eigenvalue weighted by molar-refractivity contribution is 5.97. The Balaban J connectivity index is 1.51. The van der Waals surface area contributed by atoms with Gasteiger partial charge in [-0.05, 0) is 49.3 Å². The predicted molar refractivity (Wildman–Crippen MR) is 121 cm³/mol. The van der Waals surface area contributed by atoms with Crippen LogP contribution in [-0.4, -0.2) is 48.0 Å². The van der Waals surface area contributed by atoms with Crippen LogP contribution >= 0.6 is 0 Å². The van der Waals surface area contributed by atoms with Gasteiger partial charge in [0.05, 0.1) is 34.7 Å². The van der Waals surface area contributed by atoms with Crippen LogP contribution in [0, 0.1) is 17.2 Å². The molecule has 1 saturated heterocycles. The van der Waals surface area contributed by atoms with Crippen LogP contribution in [0.4, 0.5) is 17.6 Å². The third-order valence-corrected chi connectivity index (χ3v) is 6.90. The summed E-state index contributed by atoms with van der Waals surface area (Å²) in [6.07, 6.45) is -2.01. The number of halogens is 4. The molecular weight excluding hydrogens is 482 g/mol. The van der Waals surface area contributed by atoms with Gasteiger partial charge in [-0.2, -0.15) is 18.3 Å². The molecule has 2 aliphatic rings.